The Balaban J connectivity index is 2.71. The van der Waals surface area contributed by atoms with Gasteiger partial charge in [-0.25, -0.2) is 0 Å². The summed E-state index contributed by atoms with van der Waals surface area (Å²) in [6.07, 6.45) is 2.11. The highest BCUT2D eigenvalue weighted by molar-refractivity contribution is 6.42. The van der Waals surface area contributed by atoms with Gasteiger partial charge in [-0.05, 0) is 45.4 Å². The molecule has 1 nitrogen and oxygen atoms in total. The normalized spacial score (nSPS) is 12.9. The van der Waals surface area contributed by atoms with Gasteiger partial charge in [0.05, 0.1) is 10.0 Å². The Labute approximate surface area is 114 Å². The standard InChI is InChI=1S/C14H19Cl2N/c1-10(9-17-14(2,3)4)7-11-5-6-12(15)13(16)8-11/h5-8,17H,9H2,1-4H3. The minimum atomic E-state index is 0.132. The Morgan fingerprint density at radius 2 is 1.88 bits per heavy atom. The maximum Gasteiger partial charge on any atom is 0.0598 e. The Bertz CT molecular complexity index is 417. The number of hydrogen-bond donors (Lipinski definition) is 1. The fourth-order valence-electron chi connectivity index (χ4n) is 1.34. The van der Waals surface area contributed by atoms with Gasteiger partial charge in [-0.15, -0.1) is 0 Å². The molecule has 1 aromatic rings. The Morgan fingerprint density at radius 3 is 2.41 bits per heavy atom. The minimum absolute atomic E-state index is 0.132. The van der Waals surface area contributed by atoms with Gasteiger partial charge >= 0.3 is 0 Å². The van der Waals surface area contributed by atoms with E-state index in [1.807, 2.05) is 18.2 Å². The number of rotatable bonds is 3. The van der Waals surface area contributed by atoms with E-state index in [-0.39, 0.29) is 5.54 Å². The van der Waals surface area contributed by atoms with Crippen molar-refractivity contribution < 1.29 is 0 Å². The van der Waals surface area contributed by atoms with Crippen molar-refractivity contribution >= 4 is 29.3 Å². The lowest BCUT2D eigenvalue weighted by Crippen LogP contribution is -2.36. The fourth-order valence-corrected chi connectivity index (χ4v) is 1.65. The molecule has 17 heavy (non-hydrogen) atoms. The van der Waals surface area contributed by atoms with Gasteiger partial charge in [0.15, 0.2) is 0 Å². The van der Waals surface area contributed by atoms with Crippen molar-refractivity contribution in [1.29, 1.82) is 0 Å². The van der Waals surface area contributed by atoms with Crippen LogP contribution in [-0.2, 0) is 0 Å². The topological polar surface area (TPSA) is 12.0 Å². The first-order valence-electron chi connectivity index (χ1n) is 5.65. The lowest BCUT2D eigenvalue weighted by atomic mass is 10.1. The molecule has 0 fully saturated rings. The third-order valence-corrected chi connectivity index (χ3v) is 2.99. The summed E-state index contributed by atoms with van der Waals surface area (Å²) in [6, 6.07) is 5.67. The highest BCUT2D eigenvalue weighted by atomic mass is 35.5. The molecular formula is C14H19Cl2N. The molecule has 0 aliphatic heterocycles. The van der Waals surface area contributed by atoms with Crippen LogP contribution in [0.5, 0.6) is 0 Å². The van der Waals surface area contributed by atoms with E-state index in [9.17, 15) is 0 Å². The Kier molecular flexibility index (Phi) is 5.05. The predicted molar refractivity (Wildman–Crippen MR) is 77.9 cm³/mol. The molecule has 0 aromatic heterocycles. The maximum absolute atomic E-state index is 5.97. The van der Waals surface area contributed by atoms with Gasteiger partial charge in [-0.1, -0.05) is 40.9 Å². The summed E-state index contributed by atoms with van der Waals surface area (Å²) in [5, 5.41) is 4.63. The van der Waals surface area contributed by atoms with Crippen molar-refractivity contribution in [2.24, 2.45) is 0 Å². The fraction of sp³-hybridized carbons (Fsp3) is 0.429. The minimum Gasteiger partial charge on any atom is -0.308 e. The van der Waals surface area contributed by atoms with E-state index in [2.05, 4.69) is 39.1 Å². The van der Waals surface area contributed by atoms with Gasteiger partial charge in [0, 0.05) is 12.1 Å². The number of hydrogen-bond acceptors (Lipinski definition) is 1. The maximum atomic E-state index is 5.97. The van der Waals surface area contributed by atoms with Crippen LogP contribution in [0.3, 0.4) is 0 Å². The summed E-state index contributed by atoms with van der Waals surface area (Å²) in [5.74, 6) is 0. The van der Waals surface area contributed by atoms with Crippen LogP contribution in [-0.4, -0.2) is 12.1 Å². The van der Waals surface area contributed by atoms with E-state index in [1.165, 1.54) is 5.57 Å². The predicted octanol–water partition coefficient (Wildman–Crippen LogP) is 4.78. The average Bonchev–Trinajstić information content (AvgIpc) is 2.20. The van der Waals surface area contributed by atoms with Gasteiger partial charge in [0.2, 0.25) is 0 Å². The van der Waals surface area contributed by atoms with Crippen molar-refractivity contribution in [2.45, 2.75) is 33.2 Å². The summed E-state index contributed by atoms with van der Waals surface area (Å²) in [7, 11) is 0. The van der Waals surface area contributed by atoms with Crippen LogP contribution < -0.4 is 5.32 Å². The van der Waals surface area contributed by atoms with Gasteiger partial charge < -0.3 is 5.32 Å². The molecule has 0 unspecified atom stereocenters. The molecule has 0 spiro atoms. The zero-order valence-electron chi connectivity index (χ0n) is 10.8. The smallest absolute Gasteiger partial charge is 0.0598 e. The highest BCUT2D eigenvalue weighted by Gasteiger charge is 2.07. The molecule has 0 aliphatic carbocycles. The first-order chi connectivity index (χ1) is 7.78. The monoisotopic (exact) mass is 271 g/mol. The molecule has 0 aliphatic rings. The SMILES string of the molecule is CC(=Cc1ccc(Cl)c(Cl)c1)CNC(C)(C)C. The van der Waals surface area contributed by atoms with Crippen molar-refractivity contribution in [3.05, 3.63) is 39.4 Å². The second-order valence-electron chi connectivity index (χ2n) is 5.27. The summed E-state index contributed by atoms with van der Waals surface area (Å²) in [6.45, 7) is 9.42. The summed E-state index contributed by atoms with van der Waals surface area (Å²) >= 11 is 11.8. The molecule has 1 aromatic carbocycles. The van der Waals surface area contributed by atoms with Gasteiger partial charge in [0.25, 0.3) is 0 Å². The molecule has 1 N–H and O–H groups in total. The number of halogens is 2. The summed E-state index contributed by atoms with van der Waals surface area (Å²) in [4.78, 5) is 0. The quantitative estimate of drug-likeness (QED) is 0.834. The second-order valence-corrected chi connectivity index (χ2v) is 6.08. The zero-order chi connectivity index (χ0) is 13.1. The van der Waals surface area contributed by atoms with Crippen LogP contribution in [0.4, 0.5) is 0 Å². The van der Waals surface area contributed by atoms with E-state index in [1.54, 1.807) is 0 Å². The van der Waals surface area contributed by atoms with Crippen molar-refractivity contribution in [3.63, 3.8) is 0 Å². The first-order valence-corrected chi connectivity index (χ1v) is 6.41. The van der Waals surface area contributed by atoms with Crippen molar-refractivity contribution in [3.8, 4) is 0 Å². The molecule has 0 bridgehead atoms. The van der Waals surface area contributed by atoms with E-state index in [0.717, 1.165) is 12.1 Å². The lowest BCUT2D eigenvalue weighted by Gasteiger charge is -2.20. The van der Waals surface area contributed by atoms with Crippen molar-refractivity contribution in [2.75, 3.05) is 6.54 Å². The van der Waals surface area contributed by atoms with Crippen LogP contribution in [0.15, 0.2) is 23.8 Å². The van der Waals surface area contributed by atoms with E-state index in [4.69, 9.17) is 23.2 Å². The zero-order valence-corrected chi connectivity index (χ0v) is 12.3. The second kappa shape index (κ2) is 5.90. The molecule has 0 heterocycles. The number of nitrogens with one attached hydrogen (secondary N) is 1. The number of benzene rings is 1. The van der Waals surface area contributed by atoms with Gasteiger partial charge in [-0.2, -0.15) is 0 Å². The third-order valence-electron chi connectivity index (χ3n) is 2.25. The van der Waals surface area contributed by atoms with Crippen LogP contribution in [0.1, 0.15) is 33.3 Å². The molecule has 0 radical (unpaired) electrons. The van der Waals surface area contributed by atoms with E-state index < -0.39 is 0 Å². The Morgan fingerprint density at radius 1 is 1.24 bits per heavy atom. The molecule has 94 valence electrons. The molecule has 1 rings (SSSR count). The molecule has 0 atom stereocenters. The van der Waals surface area contributed by atoms with Gasteiger partial charge in [0.1, 0.15) is 0 Å². The van der Waals surface area contributed by atoms with Gasteiger partial charge in [-0.3, -0.25) is 0 Å². The molecule has 3 heteroatoms. The average molecular weight is 272 g/mol. The summed E-state index contributed by atoms with van der Waals surface area (Å²) in [5.41, 5.74) is 2.47. The van der Waals surface area contributed by atoms with Crippen molar-refractivity contribution in [1.82, 2.24) is 5.32 Å². The molecule has 0 saturated carbocycles. The lowest BCUT2D eigenvalue weighted by molar-refractivity contribution is 0.445. The molecule has 0 saturated heterocycles. The first kappa shape index (κ1) is 14.6. The molecular weight excluding hydrogens is 253 g/mol. The summed E-state index contributed by atoms with van der Waals surface area (Å²) < 4.78 is 0. The van der Waals surface area contributed by atoms with Crippen LogP contribution >= 0.6 is 23.2 Å². The van der Waals surface area contributed by atoms with Crippen LogP contribution in [0.25, 0.3) is 6.08 Å². The van der Waals surface area contributed by atoms with E-state index >= 15 is 0 Å². The Hall–Kier alpha value is -0.500. The molecule has 0 amide bonds. The van der Waals surface area contributed by atoms with Crippen LogP contribution in [0.2, 0.25) is 10.0 Å². The largest absolute Gasteiger partial charge is 0.308 e. The third kappa shape index (κ3) is 5.58. The van der Waals surface area contributed by atoms with E-state index in [0.29, 0.717) is 10.0 Å². The highest BCUT2D eigenvalue weighted by Crippen LogP contribution is 2.23. The van der Waals surface area contributed by atoms with Crippen LogP contribution in [0, 0.1) is 0 Å².